The predicted molar refractivity (Wildman–Crippen MR) is 120 cm³/mol. The average molecular weight is 503 g/mol. The fraction of sp³-hybridized carbons (Fsp3) is 0.304. The molecule has 0 radical (unpaired) electrons. The molecular formula is C23H18ClF3N6O2. The van der Waals surface area contributed by atoms with Crippen LogP contribution < -0.4 is 4.90 Å². The van der Waals surface area contributed by atoms with Crippen molar-refractivity contribution >= 4 is 34.6 Å². The first-order chi connectivity index (χ1) is 16.8. The number of benzene rings is 2. The molecule has 0 unspecified atom stereocenters. The zero-order chi connectivity index (χ0) is 24.3. The van der Waals surface area contributed by atoms with Gasteiger partial charge in [0, 0.05) is 43.0 Å². The number of carbonyl (C=O) groups excluding carboxylic acids is 1. The van der Waals surface area contributed by atoms with Crippen molar-refractivity contribution in [1.29, 1.82) is 0 Å². The van der Waals surface area contributed by atoms with Crippen LogP contribution in [0.2, 0.25) is 5.02 Å². The minimum Gasteiger partial charge on any atom is -0.423 e. The van der Waals surface area contributed by atoms with Gasteiger partial charge in [-0.15, -0.1) is 0 Å². The lowest BCUT2D eigenvalue weighted by atomic mass is 10.0. The van der Waals surface area contributed by atoms with Gasteiger partial charge in [-0.1, -0.05) is 11.6 Å². The second kappa shape index (κ2) is 7.98. The van der Waals surface area contributed by atoms with Crippen molar-refractivity contribution in [3.8, 4) is 5.69 Å². The van der Waals surface area contributed by atoms with Crippen LogP contribution in [0.1, 0.15) is 15.9 Å². The number of alkyl halides is 3. The third kappa shape index (κ3) is 3.89. The van der Waals surface area contributed by atoms with Crippen molar-refractivity contribution in [2.45, 2.75) is 6.18 Å². The molecule has 12 heteroatoms. The van der Waals surface area contributed by atoms with E-state index in [1.54, 1.807) is 23.1 Å². The van der Waals surface area contributed by atoms with Crippen LogP contribution in [0.4, 0.5) is 19.2 Å². The monoisotopic (exact) mass is 502 g/mol. The summed E-state index contributed by atoms with van der Waals surface area (Å²) in [5.74, 6) is -0.176. The fourth-order valence-electron chi connectivity index (χ4n) is 4.91. The van der Waals surface area contributed by atoms with Gasteiger partial charge in [-0.25, -0.2) is 0 Å². The molecule has 2 aromatic heterocycles. The lowest BCUT2D eigenvalue weighted by molar-refractivity contribution is -0.137. The Bertz CT molecular complexity index is 1410. The summed E-state index contributed by atoms with van der Waals surface area (Å²) in [5.41, 5.74) is 0.548. The Hall–Kier alpha value is -3.60. The van der Waals surface area contributed by atoms with Crippen LogP contribution in [0.5, 0.6) is 0 Å². The van der Waals surface area contributed by atoms with Crippen molar-refractivity contribution in [3.63, 3.8) is 0 Å². The number of likely N-dealkylation sites (tertiary alicyclic amines) is 1. The van der Waals surface area contributed by atoms with Crippen LogP contribution in [0.15, 0.2) is 53.2 Å². The van der Waals surface area contributed by atoms with Gasteiger partial charge in [0.1, 0.15) is 5.52 Å². The van der Waals surface area contributed by atoms with Crippen LogP contribution >= 0.6 is 11.6 Å². The number of halogens is 4. The van der Waals surface area contributed by atoms with Crippen molar-refractivity contribution in [2.24, 2.45) is 11.8 Å². The molecule has 2 aliphatic heterocycles. The van der Waals surface area contributed by atoms with E-state index < -0.39 is 17.6 Å². The Morgan fingerprint density at radius 3 is 2.40 bits per heavy atom. The van der Waals surface area contributed by atoms with Gasteiger partial charge in [-0.05, 0) is 36.4 Å². The fourth-order valence-corrected chi connectivity index (χ4v) is 5.07. The highest BCUT2D eigenvalue weighted by molar-refractivity contribution is 6.31. The number of rotatable bonds is 3. The smallest absolute Gasteiger partial charge is 0.416 e. The molecule has 0 aliphatic carbocycles. The van der Waals surface area contributed by atoms with E-state index in [-0.39, 0.29) is 23.1 Å². The molecule has 0 bridgehead atoms. The minimum atomic E-state index is -4.57. The van der Waals surface area contributed by atoms with Gasteiger partial charge in [0.2, 0.25) is 0 Å². The molecular weight excluding hydrogens is 485 g/mol. The highest BCUT2D eigenvalue weighted by Gasteiger charge is 2.43. The summed E-state index contributed by atoms with van der Waals surface area (Å²) >= 11 is 6.04. The first kappa shape index (κ1) is 21.9. The summed E-state index contributed by atoms with van der Waals surface area (Å²) in [6, 6.07) is 8.79. The molecule has 2 aromatic carbocycles. The quantitative estimate of drug-likeness (QED) is 0.416. The molecule has 1 amide bonds. The first-order valence-corrected chi connectivity index (χ1v) is 11.3. The number of aromatic nitrogens is 4. The normalized spacial score (nSPS) is 20.1. The average Bonchev–Trinajstić information content (AvgIpc) is 3.60. The molecule has 4 aromatic rings. The number of oxazole rings is 1. The molecule has 8 nitrogen and oxygen atoms in total. The van der Waals surface area contributed by atoms with E-state index in [0.29, 0.717) is 48.3 Å². The highest BCUT2D eigenvalue weighted by Crippen LogP contribution is 2.37. The summed E-state index contributed by atoms with van der Waals surface area (Å²) in [6.45, 7) is 2.11. The van der Waals surface area contributed by atoms with Crippen molar-refractivity contribution in [1.82, 2.24) is 24.9 Å². The van der Waals surface area contributed by atoms with E-state index in [4.69, 9.17) is 16.0 Å². The van der Waals surface area contributed by atoms with E-state index in [0.717, 1.165) is 16.9 Å². The van der Waals surface area contributed by atoms with Gasteiger partial charge in [-0.3, -0.25) is 4.79 Å². The van der Waals surface area contributed by atoms with Gasteiger partial charge in [0.25, 0.3) is 11.9 Å². The second-order valence-electron chi connectivity index (χ2n) is 8.79. The highest BCUT2D eigenvalue weighted by atomic mass is 35.5. The summed E-state index contributed by atoms with van der Waals surface area (Å²) < 4.78 is 46.0. The Balaban J connectivity index is 1.22. The minimum absolute atomic E-state index is 0.0799. The summed E-state index contributed by atoms with van der Waals surface area (Å²) in [7, 11) is 0. The number of hydrogen-bond acceptors (Lipinski definition) is 6. The van der Waals surface area contributed by atoms with E-state index >= 15 is 0 Å². The molecule has 0 spiro atoms. The standard InChI is InChI=1S/C23H18ClF3N6O2/c24-16-2-4-20-18(8-16)30-22(35-20)32-11-13-9-31(10-14(13)12-32)21(34)17-7-15(23(25,26)27)1-3-19(17)33-28-5-6-29-33/h1-8,13-14H,9-12H2/t13-,14+. The van der Waals surface area contributed by atoms with Crippen LogP contribution in [0.3, 0.4) is 0 Å². The van der Waals surface area contributed by atoms with Crippen LogP contribution in [0, 0.1) is 11.8 Å². The maximum Gasteiger partial charge on any atom is 0.416 e. The Kier molecular flexibility index (Phi) is 4.99. The van der Waals surface area contributed by atoms with Gasteiger partial charge in [-0.2, -0.15) is 33.1 Å². The molecule has 2 saturated heterocycles. The first-order valence-electron chi connectivity index (χ1n) is 10.9. The SMILES string of the molecule is O=C(c1cc(C(F)(F)F)ccc1-n1nccn1)N1C[C@@H]2CN(c3nc4cc(Cl)ccc4o3)C[C@@H]2C1. The third-order valence-electron chi connectivity index (χ3n) is 6.57. The molecule has 6 rings (SSSR count). The van der Waals surface area contributed by atoms with Gasteiger partial charge in [0.05, 0.1) is 29.2 Å². The van der Waals surface area contributed by atoms with Crippen LogP contribution in [-0.4, -0.2) is 57.0 Å². The molecule has 0 saturated carbocycles. The Morgan fingerprint density at radius 1 is 1.00 bits per heavy atom. The van der Waals surface area contributed by atoms with E-state index in [2.05, 4.69) is 15.2 Å². The Morgan fingerprint density at radius 2 is 1.71 bits per heavy atom. The zero-order valence-electron chi connectivity index (χ0n) is 18.1. The maximum atomic E-state index is 13.4. The lowest BCUT2D eigenvalue weighted by Gasteiger charge is -2.22. The van der Waals surface area contributed by atoms with Gasteiger partial charge < -0.3 is 14.2 Å². The number of amides is 1. The number of nitrogens with zero attached hydrogens (tertiary/aromatic N) is 6. The summed E-state index contributed by atoms with van der Waals surface area (Å²) in [4.78, 5) is 22.7. The number of hydrogen-bond donors (Lipinski definition) is 0. The van der Waals surface area contributed by atoms with Gasteiger partial charge >= 0.3 is 6.18 Å². The Labute approximate surface area is 201 Å². The zero-order valence-corrected chi connectivity index (χ0v) is 18.9. The molecule has 35 heavy (non-hydrogen) atoms. The van der Waals surface area contributed by atoms with Crippen LogP contribution in [0.25, 0.3) is 16.8 Å². The predicted octanol–water partition coefficient (Wildman–Crippen LogP) is 4.29. The number of fused-ring (bicyclic) bond motifs is 2. The molecule has 180 valence electrons. The molecule has 2 fully saturated rings. The largest absolute Gasteiger partial charge is 0.423 e. The van der Waals surface area contributed by atoms with Crippen molar-refractivity contribution in [3.05, 3.63) is 64.9 Å². The molecule has 2 atom stereocenters. The maximum absolute atomic E-state index is 13.4. The topological polar surface area (TPSA) is 80.3 Å². The molecule has 0 N–H and O–H groups in total. The number of anilines is 1. The van der Waals surface area contributed by atoms with Crippen molar-refractivity contribution in [2.75, 3.05) is 31.1 Å². The van der Waals surface area contributed by atoms with Crippen molar-refractivity contribution < 1.29 is 22.4 Å². The summed E-state index contributed by atoms with van der Waals surface area (Å²) in [6.07, 6.45) is -1.77. The third-order valence-corrected chi connectivity index (χ3v) is 6.81. The van der Waals surface area contributed by atoms with E-state index in [1.165, 1.54) is 18.5 Å². The van der Waals surface area contributed by atoms with E-state index in [1.807, 2.05) is 4.90 Å². The van der Waals surface area contributed by atoms with E-state index in [9.17, 15) is 18.0 Å². The lowest BCUT2D eigenvalue weighted by Crippen LogP contribution is -2.34. The molecule has 2 aliphatic rings. The number of carbonyl (C=O) groups is 1. The van der Waals surface area contributed by atoms with Gasteiger partial charge in [0.15, 0.2) is 5.58 Å². The molecule has 4 heterocycles. The summed E-state index contributed by atoms with van der Waals surface area (Å²) in [5, 5.41) is 8.56. The second-order valence-corrected chi connectivity index (χ2v) is 9.23. The van der Waals surface area contributed by atoms with Crippen LogP contribution in [-0.2, 0) is 6.18 Å².